The minimum atomic E-state index is 0.260. The Labute approximate surface area is 84.7 Å². The van der Waals surface area contributed by atoms with E-state index in [1.54, 1.807) is 12.1 Å². The second kappa shape index (κ2) is 5.37. The summed E-state index contributed by atoms with van der Waals surface area (Å²) in [6.07, 6.45) is 0.984. The molecule has 0 aromatic heterocycles. The molecule has 2 N–H and O–H groups in total. The van der Waals surface area contributed by atoms with E-state index >= 15 is 0 Å². The Morgan fingerprint density at radius 2 is 2.14 bits per heavy atom. The number of benzene rings is 1. The molecule has 0 spiro atoms. The fourth-order valence-corrected chi connectivity index (χ4v) is 1.16. The van der Waals surface area contributed by atoms with Gasteiger partial charge in [-0.2, -0.15) is 0 Å². The monoisotopic (exact) mass is 195 g/mol. The fraction of sp³-hybridized carbons (Fsp3) is 0.455. The predicted octanol–water partition coefficient (Wildman–Crippen LogP) is 2.61. The van der Waals surface area contributed by atoms with E-state index in [0.29, 0.717) is 6.61 Å². The summed E-state index contributed by atoms with van der Waals surface area (Å²) < 4.78 is 5.45. The van der Waals surface area contributed by atoms with Crippen molar-refractivity contribution in [3.63, 3.8) is 0 Å². The highest BCUT2D eigenvalue weighted by molar-refractivity contribution is 5.58. The second-order valence-corrected chi connectivity index (χ2v) is 3.06. The molecular formula is C11H17NO2. The lowest BCUT2D eigenvalue weighted by Crippen LogP contribution is -1.99. The third-order valence-electron chi connectivity index (χ3n) is 1.81. The molecule has 0 heterocycles. The smallest absolute Gasteiger partial charge is 0.138 e. The first-order valence-electron chi connectivity index (χ1n) is 4.97. The van der Waals surface area contributed by atoms with E-state index in [1.165, 1.54) is 0 Å². The number of aromatic hydroxyl groups is 1. The first-order valence-corrected chi connectivity index (χ1v) is 4.97. The predicted molar refractivity (Wildman–Crippen MR) is 58.1 cm³/mol. The van der Waals surface area contributed by atoms with E-state index in [9.17, 15) is 5.11 Å². The molecule has 0 radical (unpaired) electrons. The van der Waals surface area contributed by atoms with Gasteiger partial charge < -0.3 is 15.2 Å². The Bertz CT molecular complexity index is 287. The fourth-order valence-electron chi connectivity index (χ4n) is 1.16. The van der Waals surface area contributed by atoms with Gasteiger partial charge in [0, 0.05) is 12.6 Å². The SMILES string of the molecule is CCCOc1ccc(O)c(NCC)c1. The van der Waals surface area contributed by atoms with Crippen LogP contribution in [0.2, 0.25) is 0 Å². The second-order valence-electron chi connectivity index (χ2n) is 3.06. The minimum Gasteiger partial charge on any atom is -0.506 e. The van der Waals surface area contributed by atoms with Gasteiger partial charge in [0.1, 0.15) is 11.5 Å². The molecule has 0 fully saturated rings. The van der Waals surface area contributed by atoms with Gasteiger partial charge in [0.15, 0.2) is 0 Å². The van der Waals surface area contributed by atoms with Crippen LogP contribution in [0.3, 0.4) is 0 Å². The molecule has 3 nitrogen and oxygen atoms in total. The maximum absolute atomic E-state index is 9.47. The van der Waals surface area contributed by atoms with Crippen molar-refractivity contribution in [1.29, 1.82) is 0 Å². The lowest BCUT2D eigenvalue weighted by Gasteiger charge is -2.09. The van der Waals surface area contributed by atoms with Crippen LogP contribution in [-0.2, 0) is 0 Å². The highest BCUT2D eigenvalue weighted by Gasteiger charge is 2.01. The van der Waals surface area contributed by atoms with Crippen LogP contribution in [-0.4, -0.2) is 18.3 Å². The number of hydrogen-bond acceptors (Lipinski definition) is 3. The standard InChI is InChI=1S/C11H17NO2/c1-3-7-14-9-5-6-11(13)10(8-9)12-4-2/h5-6,8,12-13H,3-4,7H2,1-2H3. The maximum Gasteiger partial charge on any atom is 0.138 e. The summed E-state index contributed by atoms with van der Waals surface area (Å²) in [6.45, 7) is 5.53. The quantitative estimate of drug-likeness (QED) is 0.710. The van der Waals surface area contributed by atoms with Crippen molar-refractivity contribution in [3.05, 3.63) is 18.2 Å². The molecule has 14 heavy (non-hydrogen) atoms. The molecule has 0 bridgehead atoms. The van der Waals surface area contributed by atoms with Gasteiger partial charge in [-0.1, -0.05) is 6.92 Å². The third kappa shape index (κ3) is 2.83. The molecule has 78 valence electrons. The van der Waals surface area contributed by atoms with Gasteiger partial charge in [-0.25, -0.2) is 0 Å². The Morgan fingerprint density at radius 1 is 1.36 bits per heavy atom. The van der Waals surface area contributed by atoms with E-state index in [0.717, 1.165) is 24.4 Å². The zero-order valence-electron chi connectivity index (χ0n) is 8.71. The van der Waals surface area contributed by atoms with Crippen molar-refractivity contribution in [2.45, 2.75) is 20.3 Å². The molecule has 0 amide bonds. The van der Waals surface area contributed by atoms with Crippen molar-refractivity contribution in [1.82, 2.24) is 0 Å². The molecule has 0 aliphatic carbocycles. The minimum absolute atomic E-state index is 0.260. The molecule has 1 aromatic rings. The number of nitrogens with one attached hydrogen (secondary N) is 1. The molecule has 0 aliphatic rings. The summed E-state index contributed by atoms with van der Waals surface area (Å²) in [5.41, 5.74) is 0.723. The van der Waals surface area contributed by atoms with Gasteiger partial charge in [0.05, 0.1) is 12.3 Å². The normalized spacial score (nSPS) is 9.86. The van der Waals surface area contributed by atoms with Crippen molar-refractivity contribution >= 4 is 5.69 Å². The Kier molecular flexibility index (Phi) is 4.11. The van der Waals surface area contributed by atoms with Crippen molar-refractivity contribution < 1.29 is 9.84 Å². The molecule has 1 rings (SSSR count). The van der Waals surface area contributed by atoms with E-state index in [2.05, 4.69) is 12.2 Å². The Hall–Kier alpha value is -1.38. The van der Waals surface area contributed by atoms with Crippen LogP contribution in [0.5, 0.6) is 11.5 Å². The number of anilines is 1. The molecule has 3 heteroatoms. The van der Waals surface area contributed by atoms with Gasteiger partial charge in [0.25, 0.3) is 0 Å². The first kappa shape index (κ1) is 10.7. The molecule has 0 unspecified atom stereocenters. The lowest BCUT2D eigenvalue weighted by atomic mass is 10.2. The summed E-state index contributed by atoms with van der Waals surface area (Å²) in [5.74, 6) is 1.05. The zero-order valence-corrected chi connectivity index (χ0v) is 8.71. The van der Waals surface area contributed by atoms with Crippen molar-refractivity contribution in [2.24, 2.45) is 0 Å². The number of phenolic OH excluding ortho intramolecular Hbond substituents is 1. The van der Waals surface area contributed by atoms with Crippen molar-refractivity contribution in [3.8, 4) is 11.5 Å². The van der Waals surface area contributed by atoms with Crippen LogP contribution in [0.25, 0.3) is 0 Å². The van der Waals surface area contributed by atoms with E-state index in [-0.39, 0.29) is 5.75 Å². The summed E-state index contributed by atoms with van der Waals surface area (Å²) in [7, 11) is 0. The zero-order chi connectivity index (χ0) is 10.4. The average molecular weight is 195 g/mol. The Morgan fingerprint density at radius 3 is 2.79 bits per heavy atom. The topological polar surface area (TPSA) is 41.5 Å². The molecule has 0 saturated heterocycles. The lowest BCUT2D eigenvalue weighted by molar-refractivity contribution is 0.317. The maximum atomic E-state index is 9.47. The highest BCUT2D eigenvalue weighted by atomic mass is 16.5. The van der Waals surface area contributed by atoms with Gasteiger partial charge in [-0.15, -0.1) is 0 Å². The van der Waals surface area contributed by atoms with Crippen molar-refractivity contribution in [2.75, 3.05) is 18.5 Å². The van der Waals surface area contributed by atoms with Crippen LogP contribution in [0, 0.1) is 0 Å². The summed E-state index contributed by atoms with van der Waals surface area (Å²) in [5, 5.41) is 12.5. The molecule has 1 aromatic carbocycles. The molecular weight excluding hydrogens is 178 g/mol. The van der Waals surface area contributed by atoms with E-state index in [1.807, 2.05) is 13.0 Å². The first-order chi connectivity index (χ1) is 6.77. The molecule has 0 atom stereocenters. The van der Waals surface area contributed by atoms with Gasteiger partial charge in [-0.3, -0.25) is 0 Å². The third-order valence-corrected chi connectivity index (χ3v) is 1.81. The van der Waals surface area contributed by atoms with Crippen LogP contribution in [0.15, 0.2) is 18.2 Å². The van der Waals surface area contributed by atoms with Gasteiger partial charge in [0.2, 0.25) is 0 Å². The van der Waals surface area contributed by atoms with Crippen LogP contribution in [0.1, 0.15) is 20.3 Å². The van der Waals surface area contributed by atoms with Crippen LogP contribution < -0.4 is 10.1 Å². The summed E-state index contributed by atoms with van der Waals surface area (Å²) in [6, 6.07) is 5.23. The summed E-state index contributed by atoms with van der Waals surface area (Å²) >= 11 is 0. The van der Waals surface area contributed by atoms with E-state index < -0.39 is 0 Å². The largest absolute Gasteiger partial charge is 0.506 e. The number of phenols is 1. The van der Waals surface area contributed by atoms with E-state index in [4.69, 9.17) is 4.74 Å². The highest BCUT2D eigenvalue weighted by Crippen LogP contribution is 2.27. The van der Waals surface area contributed by atoms with Gasteiger partial charge in [-0.05, 0) is 25.5 Å². The Balaban J connectivity index is 2.72. The number of rotatable bonds is 5. The van der Waals surface area contributed by atoms with Crippen LogP contribution >= 0.6 is 0 Å². The molecule has 0 saturated carbocycles. The molecule has 0 aliphatic heterocycles. The number of hydrogen-bond donors (Lipinski definition) is 2. The average Bonchev–Trinajstić information content (AvgIpc) is 2.19. The summed E-state index contributed by atoms with van der Waals surface area (Å²) in [4.78, 5) is 0. The van der Waals surface area contributed by atoms with Crippen LogP contribution in [0.4, 0.5) is 5.69 Å². The van der Waals surface area contributed by atoms with Gasteiger partial charge >= 0.3 is 0 Å². The number of ether oxygens (including phenoxy) is 1.